The van der Waals surface area contributed by atoms with Gasteiger partial charge >= 0.3 is 5.97 Å². The molecule has 0 atom stereocenters. The maximum Gasteiger partial charge on any atom is 0.325 e. The van der Waals surface area contributed by atoms with Crippen LogP contribution in [0.25, 0.3) is 6.08 Å². The number of ether oxygens (including phenoxy) is 1. The Bertz CT molecular complexity index is 520. The first-order valence-electron chi connectivity index (χ1n) is 6.59. The fourth-order valence-corrected chi connectivity index (χ4v) is 1.85. The second-order valence-electron chi connectivity index (χ2n) is 4.62. The lowest BCUT2D eigenvalue weighted by Crippen LogP contribution is -2.34. The molecule has 0 aliphatic heterocycles. The van der Waals surface area contributed by atoms with Crippen molar-refractivity contribution in [3.63, 3.8) is 0 Å². The molecule has 0 heterocycles. The van der Waals surface area contributed by atoms with Crippen LogP contribution >= 0.6 is 0 Å². The molecule has 0 aliphatic rings. The summed E-state index contributed by atoms with van der Waals surface area (Å²) < 4.78 is 4.57. The van der Waals surface area contributed by atoms with Gasteiger partial charge in [-0.1, -0.05) is 23.8 Å². The number of methoxy groups -OCH3 is 1. The van der Waals surface area contributed by atoms with E-state index in [1.807, 2.05) is 32.9 Å². The van der Waals surface area contributed by atoms with E-state index in [2.05, 4.69) is 10.8 Å². The van der Waals surface area contributed by atoms with E-state index in [1.54, 1.807) is 6.08 Å². The number of rotatable bonds is 5. The number of esters is 1. The summed E-state index contributed by atoms with van der Waals surface area (Å²) in [6.45, 7) is 6.30. The zero-order valence-electron chi connectivity index (χ0n) is 12.5. The van der Waals surface area contributed by atoms with Crippen LogP contribution in [0.5, 0.6) is 0 Å². The molecule has 0 saturated heterocycles. The largest absolute Gasteiger partial charge is 0.468 e. The molecule has 0 unspecified atom stereocenters. The van der Waals surface area contributed by atoms with Crippen molar-refractivity contribution in [3.8, 4) is 0 Å². The van der Waals surface area contributed by atoms with Gasteiger partial charge in [-0.05, 0) is 38.0 Å². The minimum absolute atomic E-state index is 0.0247. The van der Waals surface area contributed by atoms with Crippen LogP contribution in [0.3, 0.4) is 0 Å². The van der Waals surface area contributed by atoms with E-state index < -0.39 is 5.97 Å². The van der Waals surface area contributed by atoms with Crippen molar-refractivity contribution < 1.29 is 14.3 Å². The van der Waals surface area contributed by atoms with Gasteiger partial charge in [0.15, 0.2) is 0 Å². The Morgan fingerprint density at radius 1 is 1.30 bits per heavy atom. The Kier molecular flexibility index (Phi) is 5.97. The van der Waals surface area contributed by atoms with Crippen molar-refractivity contribution in [2.75, 3.05) is 20.2 Å². The van der Waals surface area contributed by atoms with Gasteiger partial charge in [-0.2, -0.15) is 0 Å². The third-order valence-corrected chi connectivity index (χ3v) is 3.07. The maximum atomic E-state index is 12.0. The van der Waals surface area contributed by atoms with E-state index in [0.717, 1.165) is 11.1 Å². The quantitative estimate of drug-likeness (QED) is 0.612. The van der Waals surface area contributed by atoms with Crippen molar-refractivity contribution >= 4 is 18.0 Å². The van der Waals surface area contributed by atoms with Crippen LogP contribution in [0.1, 0.15) is 23.6 Å². The van der Waals surface area contributed by atoms with Gasteiger partial charge in [0.05, 0.1) is 7.11 Å². The van der Waals surface area contributed by atoms with E-state index in [1.165, 1.54) is 23.6 Å². The average Bonchev–Trinajstić information content (AvgIpc) is 2.43. The summed E-state index contributed by atoms with van der Waals surface area (Å²) in [4.78, 5) is 24.7. The highest BCUT2D eigenvalue weighted by atomic mass is 16.5. The minimum atomic E-state index is -0.417. The zero-order valence-corrected chi connectivity index (χ0v) is 12.5. The molecule has 1 aromatic carbocycles. The smallest absolute Gasteiger partial charge is 0.325 e. The molecule has 1 amide bonds. The normalized spacial score (nSPS) is 10.6. The van der Waals surface area contributed by atoms with Crippen molar-refractivity contribution in [1.29, 1.82) is 0 Å². The van der Waals surface area contributed by atoms with Crippen molar-refractivity contribution in [2.45, 2.75) is 20.8 Å². The van der Waals surface area contributed by atoms with Crippen LogP contribution < -0.4 is 0 Å². The molecule has 0 radical (unpaired) electrons. The summed E-state index contributed by atoms with van der Waals surface area (Å²) in [5.41, 5.74) is 3.30. The summed E-state index contributed by atoms with van der Waals surface area (Å²) in [7, 11) is 1.31. The van der Waals surface area contributed by atoms with Crippen LogP contribution in [0.2, 0.25) is 0 Å². The van der Waals surface area contributed by atoms with E-state index >= 15 is 0 Å². The number of carbonyl (C=O) groups excluding carboxylic acids is 2. The molecule has 0 bridgehead atoms. The van der Waals surface area contributed by atoms with Crippen LogP contribution in [0.4, 0.5) is 0 Å². The minimum Gasteiger partial charge on any atom is -0.468 e. The topological polar surface area (TPSA) is 46.6 Å². The lowest BCUT2D eigenvalue weighted by atomic mass is 10.1. The first kappa shape index (κ1) is 16.0. The third kappa shape index (κ3) is 4.53. The molecule has 1 rings (SSSR count). The number of likely N-dealkylation sites (N-methyl/N-ethyl adjacent to an activating group) is 1. The number of benzene rings is 1. The lowest BCUT2D eigenvalue weighted by molar-refractivity contribution is -0.145. The Morgan fingerprint density at radius 2 is 2.00 bits per heavy atom. The van der Waals surface area contributed by atoms with Crippen LogP contribution in [-0.2, 0) is 14.3 Å². The van der Waals surface area contributed by atoms with Gasteiger partial charge in [-0.3, -0.25) is 9.59 Å². The molecule has 0 fully saturated rings. The molecular weight excluding hydrogens is 254 g/mol. The molecule has 4 heteroatoms. The Hall–Kier alpha value is -2.10. The second kappa shape index (κ2) is 7.48. The molecule has 0 N–H and O–H groups in total. The summed E-state index contributed by atoms with van der Waals surface area (Å²) in [6.07, 6.45) is 3.27. The highest BCUT2D eigenvalue weighted by Gasteiger charge is 2.13. The molecular formula is C16H21NO3. The van der Waals surface area contributed by atoms with Gasteiger partial charge < -0.3 is 9.64 Å². The third-order valence-electron chi connectivity index (χ3n) is 3.07. The number of amides is 1. The maximum absolute atomic E-state index is 12.0. The van der Waals surface area contributed by atoms with Gasteiger partial charge in [0.2, 0.25) is 5.91 Å². The van der Waals surface area contributed by atoms with E-state index in [-0.39, 0.29) is 12.5 Å². The number of hydrogen-bond donors (Lipinski definition) is 0. The molecule has 0 aliphatic carbocycles. The fourth-order valence-electron chi connectivity index (χ4n) is 1.85. The predicted molar refractivity (Wildman–Crippen MR) is 79.2 cm³/mol. The van der Waals surface area contributed by atoms with Crippen molar-refractivity contribution in [3.05, 3.63) is 41.0 Å². The summed E-state index contributed by atoms with van der Waals surface area (Å²) in [5, 5.41) is 0. The predicted octanol–water partition coefficient (Wildman–Crippen LogP) is 2.34. The van der Waals surface area contributed by atoms with E-state index in [4.69, 9.17) is 0 Å². The van der Waals surface area contributed by atoms with E-state index in [0.29, 0.717) is 6.54 Å². The molecule has 1 aromatic rings. The highest BCUT2D eigenvalue weighted by Crippen LogP contribution is 2.12. The van der Waals surface area contributed by atoms with Gasteiger partial charge in [0.25, 0.3) is 0 Å². The lowest BCUT2D eigenvalue weighted by Gasteiger charge is -2.17. The second-order valence-corrected chi connectivity index (χ2v) is 4.62. The monoisotopic (exact) mass is 275 g/mol. The average molecular weight is 275 g/mol. The SMILES string of the molecule is CCN(CC(=O)OC)C(=O)C=Cc1ccc(C)cc1C. The molecule has 20 heavy (non-hydrogen) atoms. The van der Waals surface area contributed by atoms with Crippen LogP contribution in [0.15, 0.2) is 24.3 Å². The van der Waals surface area contributed by atoms with Crippen molar-refractivity contribution in [1.82, 2.24) is 4.90 Å². The molecule has 0 saturated carbocycles. The van der Waals surface area contributed by atoms with Crippen molar-refractivity contribution in [2.24, 2.45) is 0 Å². The summed E-state index contributed by atoms with van der Waals surface area (Å²) in [5.74, 6) is -0.613. The highest BCUT2D eigenvalue weighted by molar-refractivity contribution is 5.93. The molecule has 0 spiro atoms. The van der Waals surface area contributed by atoms with Crippen LogP contribution in [0, 0.1) is 13.8 Å². The van der Waals surface area contributed by atoms with Crippen LogP contribution in [-0.4, -0.2) is 37.0 Å². The Morgan fingerprint density at radius 3 is 2.55 bits per heavy atom. The van der Waals surface area contributed by atoms with Gasteiger partial charge in [0.1, 0.15) is 6.54 Å². The number of carbonyl (C=O) groups is 2. The zero-order chi connectivity index (χ0) is 15.1. The Labute approximate surface area is 120 Å². The van der Waals surface area contributed by atoms with Gasteiger partial charge in [0, 0.05) is 12.6 Å². The van der Waals surface area contributed by atoms with Gasteiger partial charge in [-0.25, -0.2) is 0 Å². The molecule has 108 valence electrons. The number of nitrogens with zero attached hydrogens (tertiary/aromatic N) is 1. The first-order valence-corrected chi connectivity index (χ1v) is 6.59. The van der Waals surface area contributed by atoms with E-state index in [9.17, 15) is 9.59 Å². The summed E-state index contributed by atoms with van der Waals surface area (Å²) in [6, 6.07) is 6.05. The summed E-state index contributed by atoms with van der Waals surface area (Å²) >= 11 is 0. The molecule has 4 nitrogen and oxygen atoms in total. The first-order chi connectivity index (χ1) is 9.47. The standard InChI is InChI=1S/C16H21NO3/c1-5-17(11-16(19)20-4)15(18)9-8-14-7-6-12(2)10-13(14)3/h6-10H,5,11H2,1-4H3. The fraction of sp³-hybridized carbons (Fsp3) is 0.375. The number of aryl methyl sites for hydroxylation is 2. The van der Waals surface area contributed by atoms with Gasteiger partial charge in [-0.15, -0.1) is 0 Å². The Balaban J connectivity index is 2.77. The molecule has 0 aromatic heterocycles. The number of hydrogen-bond acceptors (Lipinski definition) is 3.